The molecule has 11 heteroatoms. The van der Waals surface area contributed by atoms with Gasteiger partial charge >= 0.3 is 18.1 Å². The average Bonchev–Trinajstić information content (AvgIpc) is 2.73. The highest BCUT2D eigenvalue weighted by atomic mass is 79.9. The van der Waals surface area contributed by atoms with Crippen molar-refractivity contribution in [1.82, 2.24) is 14.5 Å². The third-order valence-corrected chi connectivity index (χ3v) is 5.01. The summed E-state index contributed by atoms with van der Waals surface area (Å²) in [5.41, 5.74) is -1.47. The second kappa shape index (κ2) is 5.70. The number of carboxylic acid groups (broad SMARTS) is 1. The summed E-state index contributed by atoms with van der Waals surface area (Å²) in [6.45, 7) is -0.573. The predicted molar refractivity (Wildman–Crippen MR) is 80.5 cm³/mol. The van der Waals surface area contributed by atoms with Crippen LogP contribution in [0.3, 0.4) is 0 Å². The molecule has 0 bridgehead atoms. The van der Waals surface area contributed by atoms with Crippen LogP contribution in [0.5, 0.6) is 0 Å². The summed E-state index contributed by atoms with van der Waals surface area (Å²) in [5, 5.41) is 8.88. The molecule has 138 valence electrons. The molecular weight excluding hydrogens is 411 g/mol. The van der Waals surface area contributed by atoms with Gasteiger partial charge in [0, 0.05) is 31.7 Å². The molecule has 1 spiro atoms. The van der Waals surface area contributed by atoms with Crippen molar-refractivity contribution in [3.8, 4) is 0 Å². The first-order valence-electron chi connectivity index (χ1n) is 7.38. The molecule has 2 aliphatic rings. The molecule has 3 rings (SSSR count). The first-order chi connectivity index (χ1) is 11.5. The highest BCUT2D eigenvalue weighted by Crippen LogP contribution is 2.60. The fraction of sp³-hybridized carbons (Fsp3) is 0.643. The lowest BCUT2D eigenvalue weighted by atomic mass is 9.54. The molecule has 1 saturated carbocycles. The Morgan fingerprint density at radius 2 is 2.00 bits per heavy atom. The van der Waals surface area contributed by atoms with E-state index in [1.54, 1.807) is 17.8 Å². The lowest BCUT2D eigenvalue weighted by Crippen LogP contribution is -2.70. The summed E-state index contributed by atoms with van der Waals surface area (Å²) in [4.78, 5) is 27.2. The Bertz CT molecular complexity index is 719. The van der Waals surface area contributed by atoms with E-state index >= 15 is 0 Å². The molecule has 2 heterocycles. The van der Waals surface area contributed by atoms with E-state index in [-0.39, 0.29) is 13.1 Å². The summed E-state index contributed by atoms with van der Waals surface area (Å²) in [6, 6.07) is 0. The van der Waals surface area contributed by atoms with Crippen LogP contribution in [0.2, 0.25) is 0 Å². The van der Waals surface area contributed by atoms with Crippen LogP contribution in [0.25, 0.3) is 0 Å². The fourth-order valence-corrected chi connectivity index (χ4v) is 4.32. The van der Waals surface area contributed by atoms with Crippen molar-refractivity contribution in [3.63, 3.8) is 0 Å². The van der Waals surface area contributed by atoms with Gasteiger partial charge in [0.2, 0.25) is 0 Å². The molecule has 1 aromatic rings. The number of imidazole rings is 1. The Labute approximate surface area is 148 Å². The molecule has 1 saturated heterocycles. The molecule has 1 aliphatic carbocycles. The van der Waals surface area contributed by atoms with Crippen molar-refractivity contribution in [2.45, 2.75) is 24.6 Å². The standard InChI is InChI=1S/C14H15BrF3N3O4/c1-20-2-8(15)19-10(20)13(25-3-9(22)23)4-12(5-13)6-21(7-12)11(24)14(16,17)18/h2H,3-7H2,1H3,(H,22,23). The van der Waals surface area contributed by atoms with E-state index in [9.17, 15) is 22.8 Å². The van der Waals surface area contributed by atoms with Crippen molar-refractivity contribution in [2.24, 2.45) is 12.5 Å². The van der Waals surface area contributed by atoms with Crippen LogP contribution in [0.1, 0.15) is 18.7 Å². The quantitative estimate of drug-likeness (QED) is 0.792. The summed E-state index contributed by atoms with van der Waals surface area (Å²) < 4.78 is 45.2. The van der Waals surface area contributed by atoms with Crippen LogP contribution in [-0.2, 0) is 27.0 Å². The van der Waals surface area contributed by atoms with Crippen LogP contribution in [0.15, 0.2) is 10.8 Å². The Hall–Kier alpha value is -1.62. The van der Waals surface area contributed by atoms with E-state index in [1.807, 2.05) is 0 Å². The number of alkyl halides is 3. The van der Waals surface area contributed by atoms with Crippen molar-refractivity contribution in [2.75, 3.05) is 19.7 Å². The highest BCUT2D eigenvalue weighted by molar-refractivity contribution is 9.10. The Balaban J connectivity index is 1.73. The van der Waals surface area contributed by atoms with Gasteiger partial charge in [0.05, 0.1) is 0 Å². The zero-order valence-electron chi connectivity index (χ0n) is 13.1. The zero-order valence-corrected chi connectivity index (χ0v) is 14.7. The number of ether oxygens (including phenoxy) is 1. The van der Waals surface area contributed by atoms with Gasteiger partial charge in [-0.1, -0.05) is 0 Å². The molecular formula is C14H15BrF3N3O4. The second-order valence-electron chi connectivity index (χ2n) is 6.69. The van der Waals surface area contributed by atoms with Crippen molar-refractivity contribution < 1.29 is 32.6 Å². The third-order valence-electron chi connectivity index (χ3n) is 4.63. The lowest BCUT2D eigenvalue weighted by Gasteiger charge is -2.63. The van der Waals surface area contributed by atoms with Gasteiger partial charge in [0.1, 0.15) is 22.6 Å². The Kier molecular flexibility index (Phi) is 4.14. The SMILES string of the molecule is Cn1cc(Br)nc1C1(OCC(=O)O)CC2(CN(C(=O)C(F)(F)F)C2)C1. The van der Waals surface area contributed by atoms with E-state index in [0.29, 0.717) is 23.3 Å². The van der Waals surface area contributed by atoms with Crippen LogP contribution in [0.4, 0.5) is 13.2 Å². The minimum absolute atomic E-state index is 0.0187. The highest BCUT2D eigenvalue weighted by Gasteiger charge is 2.65. The number of aromatic nitrogens is 2. The smallest absolute Gasteiger partial charge is 0.471 e. The van der Waals surface area contributed by atoms with Gasteiger partial charge < -0.3 is 19.3 Å². The minimum Gasteiger partial charge on any atom is -0.480 e. The Morgan fingerprint density at radius 1 is 1.40 bits per heavy atom. The van der Waals surface area contributed by atoms with Gasteiger partial charge in [-0.05, 0) is 28.8 Å². The van der Waals surface area contributed by atoms with E-state index in [4.69, 9.17) is 9.84 Å². The summed E-state index contributed by atoms with van der Waals surface area (Å²) in [5.74, 6) is -2.48. The first-order valence-corrected chi connectivity index (χ1v) is 8.17. The van der Waals surface area contributed by atoms with Crippen LogP contribution in [-0.4, -0.2) is 57.3 Å². The molecule has 7 nitrogen and oxygen atoms in total. The Morgan fingerprint density at radius 3 is 2.44 bits per heavy atom. The van der Waals surface area contributed by atoms with Crippen LogP contribution in [0, 0.1) is 5.41 Å². The normalized spacial score (nSPS) is 20.9. The van der Waals surface area contributed by atoms with Gasteiger partial charge in [-0.2, -0.15) is 13.2 Å². The number of nitrogens with zero attached hydrogens (tertiary/aromatic N) is 3. The van der Waals surface area contributed by atoms with E-state index in [2.05, 4.69) is 20.9 Å². The molecule has 0 unspecified atom stereocenters. The van der Waals surface area contributed by atoms with Crippen molar-refractivity contribution in [1.29, 1.82) is 0 Å². The number of hydrogen-bond donors (Lipinski definition) is 1. The number of carbonyl (C=O) groups excluding carboxylic acids is 1. The summed E-state index contributed by atoms with van der Waals surface area (Å²) in [6.07, 6.45) is -2.57. The lowest BCUT2D eigenvalue weighted by molar-refractivity contribution is -0.240. The zero-order chi connectivity index (χ0) is 18.6. The minimum atomic E-state index is -4.88. The monoisotopic (exact) mass is 425 g/mol. The van der Waals surface area contributed by atoms with Gasteiger partial charge in [0.15, 0.2) is 0 Å². The maximum atomic E-state index is 12.5. The van der Waals surface area contributed by atoms with Crippen LogP contribution >= 0.6 is 15.9 Å². The van der Waals surface area contributed by atoms with E-state index in [0.717, 1.165) is 4.90 Å². The average molecular weight is 426 g/mol. The summed E-state index contributed by atoms with van der Waals surface area (Å²) >= 11 is 3.24. The maximum Gasteiger partial charge on any atom is 0.471 e. The number of carboxylic acids is 1. The fourth-order valence-electron chi connectivity index (χ4n) is 3.85. The van der Waals surface area contributed by atoms with Crippen LogP contribution < -0.4 is 0 Å². The molecule has 1 amide bonds. The van der Waals surface area contributed by atoms with Gasteiger partial charge in [0.25, 0.3) is 0 Å². The van der Waals surface area contributed by atoms with Gasteiger partial charge in [-0.15, -0.1) is 0 Å². The first kappa shape index (κ1) is 18.2. The van der Waals surface area contributed by atoms with Crippen molar-refractivity contribution in [3.05, 3.63) is 16.6 Å². The number of aliphatic carboxylic acids is 1. The second-order valence-corrected chi connectivity index (χ2v) is 7.50. The maximum absolute atomic E-state index is 12.5. The molecule has 25 heavy (non-hydrogen) atoms. The molecule has 0 atom stereocenters. The topological polar surface area (TPSA) is 84.7 Å². The number of rotatable bonds is 4. The van der Waals surface area contributed by atoms with E-state index < -0.39 is 35.7 Å². The van der Waals surface area contributed by atoms with E-state index in [1.165, 1.54) is 0 Å². The van der Waals surface area contributed by atoms with Gasteiger partial charge in [-0.3, -0.25) is 4.79 Å². The number of carbonyl (C=O) groups is 2. The molecule has 1 aromatic heterocycles. The predicted octanol–water partition coefficient (Wildman–Crippen LogP) is 1.66. The molecule has 2 fully saturated rings. The van der Waals surface area contributed by atoms with Crippen molar-refractivity contribution >= 4 is 27.8 Å². The molecule has 1 aliphatic heterocycles. The summed E-state index contributed by atoms with van der Waals surface area (Å²) in [7, 11) is 1.73. The number of likely N-dealkylation sites (tertiary alicyclic amines) is 1. The number of aryl methyl sites for hydroxylation is 1. The molecule has 1 N–H and O–H groups in total. The number of hydrogen-bond acceptors (Lipinski definition) is 4. The molecule has 0 radical (unpaired) electrons. The number of halogens is 4. The van der Waals surface area contributed by atoms with Gasteiger partial charge in [-0.25, -0.2) is 9.78 Å². The largest absolute Gasteiger partial charge is 0.480 e. The third kappa shape index (κ3) is 3.14. The molecule has 0 aromatic carbocycles. The number of amides is 1.